The Hall–Kier alpha value is -1.42. The summed E-state index contributed by atoms with van der Waals surface area (Å²) in [5, 5.41) is 0. The number of nitrogens with two attached hydrogens (primary N) is 1. The summed E-state index contributed by atoms with van der Waals surface area (Å²) in [6.07, 6.45) is 9.49. The molecule has 0 spiro atoms. The van der Waals surface area contributed by atoms with Gasteiger partial charge in [0, 0.05) is 13.0 Å². The summed E-state index contributed by atoms with van der Waals surface area (Å²) in [5.41, 5.74) is 7.12. The molecular formula is C20H29FN2O. The highest BCUT2D eigenvalue weighted by Gasteiger charge is 2.36. The fraction of sp³-hybridized carbons (Fsp3) is 0.650. The number of nitrogens with zero attached hydrogens (tertiary/aromatic N) is 1. The number of likely N-dealkylation sites (tertiary alicyclic amines) is 1. The Labute approximate surface area is 144 Å². The number of carbonyl (C=O) groups excluding carboxylic acids is 1. The monoisotopic (exact) mass is 332 g/mol. The molecule has 0 radical (unpaired) electrons. The van der Waals surface area contributed by atoms with Crippen LogP contribution in [0.4, 0.5) is 4.39 Å². The molecule has 1 aromatic carbocycles. The lowest BCUT2D eigenvalue weighted by Crippen LogP contribution is -2.43. The fourth-order valence-electron chi connectivity index (χ4n) is 4.44. The first-order chi connectivity index (χ1) is 11.6. The third-order valence-electron chi connectivity index (χ3n) is 5.95. The Balaban J connectivity index is 1.74. The van der Waals surface area contributed by atoms with E-state index >= 15 is 0 Å². The Kier molecular flexibility index (Phi) is 5.54. The van der Waals surface area contributed by atoms with E-state index in [1.165, 1.54) is 31.4 Å². The highest BCUT2D eigenvalue weighted by atomic mass is 19.1. The van der Waals surface area contributed by atoms with E-state index in [4.69, 9.17) is 5.73 Å². The molecule has 0 bridgehead atoms. The molecule has 1 amide bonds. The maximum absolute atomic E-state index is 13.2. The van der Waals surface area contributed by atoms with Crippen molar-refractivity contribution in [2.45, 2.75) is 63.8 Å². The number of hydrogen-bond acceptors (Lipinski definition) is 2. The van der Waals surface area contributed by atoms with Crippen LogP contribution in [0, 0.1) is 11.2 Å². The molecule has 2 aliphatic rings. The molecule has 132 valence electrons. The van der Waals surface area contributed by atoms with Gasteiger partial charge in [0.15, 0.2) is 0 Å². The van der Waals surface area contributed by atoms with Gasteiger partial charge in [-0.05, 0) is 61.8 Å². The maximum atomic E-state index is 13.2. The molecule has 1 aromatic rings. The van der Waals surface area contributed by atoms with Crippen molar-refractivity contribution in [3.05, 3.63) is 35.6 Å². The van der Waals surface area contributed by atoms with Crippen molar-refractivity contribution in [2.75, 3.05) is 13.1 Å². The largest absolute Gasteiger partial charge is 0.336 e. The van der Waals surface area contributed by atoms with Gasteiger partial charge in [0.2, 0.25) is 5.91 Å². The lowest BCUT2D eigenvalue weighted by atomic mass is 9.71. The van der Waals surface area contributed by atoms with Crippen LogP contribution < -0.4 is 5.73 Å². The van der Waals surface area contributed by atoms with Crippen LogP contribution in [0.15, 0.2) is 24.3 Å². The number of amides is 1. The molecule has 1 aliphatic heterocycles. The third kappa shape index (κ3) is 3.80. The summed E-state index contributed by atoms with van der Waals surface area (Å²) in [4.78, 5) is 15.1. The number of carbonyl (C=O) groups is 1. The minimum Gasteiger partial charge on any atom is -0.336 e. The van der Waals surface area contributed by atoms with Gasteiger partial charge in [0.05, 0.1) is 6.04 Å². The van der Waals surface area contributed by atoms with Crippen LogP contribution in [0.3, 0.4) is 0 Å². The van der Waals surface area contributed by atoms with Gasteiger partial charge in [0.25, 0.3) is 0 Å². The first-order valence-corrected chi connectivity index (χ1v) is 9.39. The highest BCUT2D eigenvalue weighted by molar-refractivity contribution is 5.77. The Bertz CT molecular complexity index is 551. The average molecular weight is 332 g/mol. The van der Waals surface area contributed by atoms with Gasteiger partial charge in [-0.15, -0.1) is 0 Å². The van der Waals surface area contributed by atoms with E-state index in [0.717, 1.165) is 44.2 Å². The number of benzene rings is 1. The van der Waals surface area contributed by atoms with Crippen LogP contribution in [-0.2, 0) is 4.79 Å². The van der Waals surface area contributed by atoms with E-state index in [2.05, 4.69) is 0 Å². The molecule has 2 N–H and O–H groups in total. The molecule has 2 fully saturated rings. The van der Waals surface area contributed by atoms with Crippen molar-refractivity contribution in [3.63, 3.8) is 0 Å². The van der Waals surface area contributed by atoms with E-state index in [-0.39, 0.29) is 23.2 Å². The van der Waals surface area contributed by atoms with Crippen molar-refractivity contribution < 1.29 is 9.18 Å². The second kappa shape index (κ2) is 7.64. The summed E-state index contributed by atoms with van der Waals surface area (Å²) in [5.74, 6) is 0.00750. The first-order valence-electron chi connectivity index (χ1n) is 9.39. The minimum absolute atomic E-state index is 0.000125. The number of hydrogen-bond donors (Lipinski definition) is 1. The van der Waals surface area contributed by atoms with E-state index in [1.807, 2.05) is 17.0 Å². The highest BCUT2D eigenvalue weighted by Crippen LogP contribution is 2.40. The molecule has 0 aromatic heterocycles. The lowest BCUT2D eigenvalue weighted by molar-refractivity contribution is -0.138. The first kappa shape index (κ1) is 17.4. The SMILES string of the molecule is NCC1(CC(=O)N2CCCCC2c2ccc(F)cc2)CCCCC1. The fourth-order valence-corrected chi connectivity index (χ4v) is 4.44. The van der Waals surface area contributed by atoms with Gasteiger partial charge < -0.3 is 10.6 Å². The molecule has 24 heavy (non-hydrogen) atoms. The normalized spacial score (nSPS) is 23.9. The quantitative estimate of drug-likeness (QED) is 0.899. The van der Waals surface area contributed by atoms with Crippen molar-refractivity contribution in [1.29, 1.82) is 0 Å². The topological polar surface area (TPSA) is 46.3 Å². The predicted octanol–water partition coefficient (Wildman–Crippen LogP) is 4.18. The van der Waals surface area contributed by atoms with Gasteiger partial charge in [-0.1, -0.05) is 31.4 Å². The van der Waals surface area contributed by atoms with E-state index < -0.39 is 0 Å². The lowest BCUT2D eigenvalue weighted by Gasteiger charge is -2.41. The van der Waals surface area contributed by atoms with Crippen molar-refractivity contribution in [2.24, 2.45) is 11.1 Å². The van der Waals surface area contributed by atoms with Crippen molar-refractivity contribution >= 4 is 5.91 Å². The average Bonchev–Trinajstić information content (AvgIpc) is 2.63. The zero-order chi connectivity index (χ0) is 17.0. The van der Waals surface area contributed by atoms with Crippen molar-refractivity contribution in [3.8, 4) is 0 Å². The summed E-state index contributed by atoms with van der Waals surface area (Å²) in [7, 11) is 0. The van der Waals surface area contributed by atoms with Crippen LogP contribution >= 0.6 is 0 Å². The second-order valence-electron chi connectivity index (χ2n) is 7.59. The minimum atomic E-state index is -0.225. The molecule has 1 saturated heterocycles. The Morgan fingerprint density at radius 1 is 1.12 bits per heavy atom. The summed E-state index contributed by atoms with van der Waals surface area (Å²) < 4.78 is 13.2. The maximum Gasteiger partial charge on any atom is 0.223 e. The molecule has 4 heteroatoms. The Morgan fingerprint density at radius 2 is 1.83 bits per heavy atom. The number of halogens is 1. The van der Waals surface area contributed by atoms with Crippen LogP contribution in [0.25, 0.3) is 0 Å². The summed E-state index contributed by atoms with van der Waals surface area (Å²) in [6.45, 7) is 1.41. The molecule has 1 aliphatic carbocycles. The van der Waals surface area contributed by atoms with Gasteiger partial charge in [-0.3, -0.25) is 4.79 Å². The van der Waals surface area contributed by atoms with Crippen LogP contribution in [0.5, 0.6) is 0 Å². The number of piperidine rings is 1. The number of rotatable bonds is 4. The second-order valence-corrected chi connectivity index (χ2v) is 7.59. The summed E-state index contributed by atoms with van der Waals surface area (Å²) >= 11 is 0. The zero-order valence-electron chi connectivity index (χ0n) is 14.5. The van der Waals surface area contributed by atoms with Gasteiger partial charge in [-0.25, -0.2) is 4.39 Å². The third-order valence-corrected chi connectivity index (χ3v) is 5.95. The van der Waals surface area contributed by atoms with E-state index in [1.54, 1.807) is 0 Å². The van der Waals surface area contributed by atoms with E-state index in [9.17, 15) is 9.18 Å². The van der Waals surface area contributed by atoms with E-state index in [0.29, 0.717) is 13.0 Å². The Morgan fingerprint density at radius 3 is 2.50 bits per heavy atom. The van der Waals surface area contributed by atoms with Gasteiger partial charge in [-0.2, -0.15) is 0 Å². The summed E-state index contributed by atoms with van der Waals surface area (Å²) in [6, 6.07) is 6.73. The molecule has 1 unspecified atom stereocenters. The van der Waals surface area contributed by atoms with Crippen molar-refractivity contribution in [1.82, 2.24) is 4.90 Å². The van der Waals surface area contributed by atoms with Crippen LogP contribution in [0.2, 0.25) is 0 Å². The van der Waals surface area contributed by atoms with Gasteiger partial charge >= 0.3 is 0 Å². The van der Waals surface area contributed by atoms with Crippen LogP contribution in [0.1, 0.15) is 69.4 Å². The van der Waals surface area contributed by atoms with Gasteiger partial charge in [0.1, 0.15) is 5.82 Å². The molecule has 1 saturated carbocycles. The standard InChI is InChI=1S/C20H29FN2O/c21-17-9-7-16(8-10-17)18-6-2-5-13-23(18)19(24)14-20(15-22)11-3-1-4-12-20/h7-10,18H,1-6,11-15,22H2. The predicted molar refractivity (Wildman–Crippen MR) is 93.9 cm³/mol. The molecule has 1 heterocycles. The molecular weight excluding hydrogens is 303 g/mol. The molecule has 3 rings (SSSR count). The van der Waals surface area contributed by atoms with Crippen LogP contribution in [-0.4, -0.2) is 23.9 Å². The molecule has 3 nitrogen and oxygen atoms in total. The molecule has 1 atom stereocenters. The zero-order valence-corrected chi connectivity index (χ0v) is 14.5. The smallest absolute Gasteiger partial charge is 0.223 e.